The van der Waals surface area contributed by atoms with Crippen LogP contribution in [0.2, 0.25) is 0 Å². The third-order valence-electron chi connectivity index (χ3n) is 8.49. The van der Waals surface area contributed by atoms with Crippen LogP contribution in [0.5, 0.6) is 5.75 Å². The highest BCUT2D eigenvalue weighted by atomic mass is 19.4. The molecule has 0 amide bonds. The van der Waals surface area contributed by atoms with Crippen molar-refractivity contribution in [3.05, 3.63) is 180 Å². The average molecular weight is 619 g/mol. The summed E-state index contributed by atoms with van der Waals surface area (Å²) >= 11 is 0. The molecule has 1 unspecified atom stereocenters. The molecule has 232 valence electrons. The van der Waals surface area contributed by atoms with Gasteiger partial charge in [0.15, 0.2) is 0 Å². The third-order valence-corrected chi connectivity index (χ3v) is 8.49. The van der Waals surface area contributed by atoms with E-state index in [4.69, 9.17) is 4.98 Å². The van der Waals surface area contributed by atoms with Gasteiger partial charge >= 0.3 is 6.36 Å². The van der Waals surface area contributed by atoms with Crippen molar-refractivity contribution in [2.24, 2.45) is 5.92 Å². The van der Waals surface area contributed by atoms with Crippen molar-refractivity contribution in [1.82, 2.24) is 9.55 Å². The summed E-state index contributed by atoms with van der Waals surface area (Å²) < 4.78 is 44.2. The van der Waals surface area contributed by atoms with E-state index in [9.17, 15) is 18.3 Å². The zero-order valence-corrected chi connectivity index (χ0v) is 25.4. The Bertz CT molecular complexity index is 1790. The van der Waals surface area contributed by atoms with E-state index in [2.05, 4.69) is 45.7 Å². The molecule has 0 spiro atoms. The first kappa shape index (κ1) is 30.9. The maximum atomic E-state index is 12.7. The Morgan fingerprint density at radius 2 is 1.13 bits per heavy atom. The fourth-order valence-corrected chi connectivity index (χ4v) is 6.25. The molecule has 0 fully saturated rings. The van der Waals surface area contributed by atoms with Crippen LogP contribution < -0.4 is 4.74 Å². The lowest BCUT2D eigenvalue weighted by molar-refractivity contribution is -0.274. The highest BCUT2D eigenvalue weighted by Gasteiger charge is 2.42. The molecule has 1 N–H and O–H groups in total. The minimum Gasteiger partial charge on any atom is -0.406 e. The van der Waals surface area contributed by atoms with Crippen LogP contribution in [0.3, 0.4) is 0 Å². The minimum atomic E-state index is -4.77. The number of ether oxygens (including phenoxy) is 1. The van der Waals surface area contributed by atoms with Gasteiger partial charge in [-0.05, 0) is 57.5 Å². The predicted molar refractivity (Wildman–Crippen MR) is 173 cm³/mol. The van der Waals surface area contributed by atoms with E-state index in [1.807, 2.05) is 98.9 Å². The third kappa shape index (κ3) is 5.70. The summed E-state index contributed by atoms with van der Waals surface area (Å²) in [5.74, 6) is -0.580. The predicted octanol–water partition coefficient (Wildman–Crippen LogP) is 9.18. The Hall–Kier alpha value is -5.14. The number of hydrogen-bond acceptors (Lipinski definition) is 3. The molecule has 4 nitrogen and oxygen atoms in total. The standard InChI is InChI=1S/C39H33F3N2O2/c1-28(2)38(45,34-20-12-13-30(25-34)29-21-23-35(24-22-29)46-39(40,41)42)36-26-44(27-43-36)37(31-14-6-3-7-15-31,32-16-8-4-9-17-32)33-18-10-5-11-19-33/h3-28,45H,1-2H3. The second kappa shape index (κ2) is 12.3. The van der Waals surface area contributed by atoms with Gasteiger partial charge < -0.3 is 14.4 Å². The largest absolute Gasteiger partial charge is 0.573 e. The van der Waals surface area contributed by atoms with Crippen molar-refractivity contribution in [3.63, 3.8) is 0 Å². The Kier molecular flexibility index (Phi) is 8.28. The van der Waals surface area contributed by atoms with Gasteiger partial charge in [-0.25, -0.2) is 4.98 Å². The van der Waals surface area contributed by atoms with Gasteiger partial charge in [0.1, 0.15) is 16.9 Å². The van der Waals surface area contributed by atoms with Crippen LogP contribution >= 0.6 is 0 Å². The zero-order valence-electron chi connectivity index (χ0n) is 25.4. The summed E-state index contributed by atoms with van der Waals surface area (Å²) in [4.78, 5) is 4.87. The molecule has 46 heavy (non-hydrogen) atoms. The summed E-state index contributed by atoms with van der Waals surface area (Å²) in [6.07, 6.45) is -1.07. The van der Waals surface area contributed by atoms with Crippen molar-refractivity contribution in [1.29, 1.82) is 0 Å². The van der Waals surface area contributed by atoms with E-state index in [0.717, 1.165) is 22.3 Å². The molecule has 0 radical (unpaired) electrons. The Balaban J connectivity index is 1.48. The van der Waals surface area contributed by atoms with E-state index in [1.165, 1.54) is 12.1 Å². The molecule has 0 aliphatic heterocycles. The number of benzene rings is 5. The fraction of sp³-hybridized carbons (Fsp3) is 0.154. The normalized spacial score (nSPS) is 13.4. The lowest BCUT2D eigenvalue weighted by Crippen LogP contribution is -2.37. The molecule has 1 atom stereocenters. The molecule has 1 aromatic heterocycles. The number of halogens is 3. The van der Waals surface area contributed by atoms with Gasteiger partial charge in [0, 0.05) is 6.20 Å². The van der Waals surface area contributed by atoms with Crippen LogP contribution in [-0.2, 0) is 11.1 Å². The second-order valence-electron chi connectivity index (χ2n) is 11.5. The minimum absolute atomic E-state index is 0.284. The van der Waals surface area contributed by atoms with Gasteiger partial charge in [0.05, 0.1) is 12.0 Å². The monoisotopic (exact) mass is 618 g/mol. The van der Waals surface area contributed by atoms with Crippen molar-refractivity contribution in [2.45, 2.75) is 31.3 Å². The van der Waals surface area contributed by atoms with E-state index in [1.54, 1.807) is 18.5 Å². The van der Waals surface area contributed by atoms with E-state index < -0.39 is 17.5 Å². The van der Waals surface area contributed by atoms with Crippen molar-refractivity contribution in [2.75, 3.05) is 0 Å². The first-order chi connectivity index (χ1) is 22.1. The molecule has 0 bridgehead atoms. The highest BCUT2D eigenvalue weighted by Crippen LogP contribution is 2.43. The van der Waals surface area contributed by atoms with Gasteiger partial charge in [0.2, 0.25) is 0 Å². The van der Waals surface area contributed by atoms with Gasteiger partial charge in [-0.3, -0.25) is 0 Å². The van der Waals surface area contributed by atoms with Crippen molar-refractivity contribution >= 4 is 0 Å². The molecule has 6 aromatic rings. The lowest BCUT2D eigenvalue weighted by Gasteiger charge is -2.37. The smallest absolute Gasteiger partial charge is 0.406 e. The number of imidazole rings is 1. The van der Waals surface area contributed by atoms with Crippen LogP contribution in [0.4, 0.5) is 13.2 Å². The highest BCUT2D eigenvalue weighted by molar-refractivity contribution is 5.65. The molecule has 1 heterocycles. The fourth-order valence-electron chi connectivity index (χ4n) is 6.25. The van der Waals surface area contributed by atoms with Gasteiger partial charge in [-0.15, -0.1) is 13.2 Å². The van der Waals surface area contributed by atoms with Crippen LogP contribution in [0.1, 0.15) is 41.8 Å². The maximum Gasteiger partial charge on any atom is 0.573 e. The Labute approximate surface area is 266 Å². The summed E-state index contributed by atoms with van der Waals surface area (Å²) in [6, 6.07) is 43.8. The summed E-state index contributed by atoms with van der Waals surface area (Å²) in [5, 5.41) is 12.5. The molecule has 0 aliphatic carbocycles. The molecule has 5 aromatic carbocycles. The topological polar surface area (TPSA) is 47.3 Å². The number of hydrogen-bond donors (Lipinski definition) is 1. The van der Waals surface area contributed by atoms with E-state index in [-0.39, 0.29) is 11.7 Å². The molecular formula is C39H33F3N2O2. The molecule has 0 aliphatic rings. The maximum absolute atomic E-state index is 12.7. The van der Waals surface area contributed by atoms with Gasteiger partial charge in [-0.2, -0.15) is 0 Å². The lowest BCUT2D eigenvalue weighted by atomic mass is 9.76. The van der Waals surface area contributed by atoms with Crippen molar-refractivity contribution in [3.8, 4) is 16.9 Å². The van der Waals surface area contributed by atoms with Crippen molar-refractivity contribution < 1.29 is 23.0 Å². The van der Waals surface area contributed by atoms with Crippen LogP contribution in [0.15, 0.2) is 152 Å². The van der Waals surface area contributed by atoms with E-state index in [0.29, 0.717) is 16.8 Å². The molecule has 6 rings (SSSR count). The van der Waals surface area contributed by atoms with Gasteiger partial charge in [-0.1, -0.05) is 135 Å². The first-order valence-corrected chi connectivity index (χ1v) is 15.0. The molecular weight excluding hydrogens is 585 g/mol. The van der Waals surface area contributed by atoms with Crippen LogP contribution in [0, 0.1) is 5.92 Å². The molecule has 7 heteroatoms. The number of aliphatic hydroxyl groups is 1. The average Bonchev–Trinajstić information content (AvgIpc) is 3.57. The van der Waals surface area contributed by atoms with E-state index >= 15 is 0 Å². The van der Waals surface area contributed by atoms with Gasteiger partial charge in [0.25, 0.3) is 0 Å². The van der Waals surface area contributed by atoms with Crippen LogP contribution in [0.25, 0.3) is 11.1 Å². The zero-order chi connectivity index (χ0) is 32.4. The molecule has 0 saturated carbocycles. The number of nitrogens with zero attached hydrogens (tertiary/aromatic N) is 2. The molecule has 0 saturated heterocycles. The van der Waals surface area contributed by atoms with Crippen LogP contribution in [-0.4, -0.2) is 21.0 Å². The second-order valence-corrected chi connectivity index (χ2v) is 11.5. The number of aromatic nitrogens is 2. The summed E-state index contributed by atoms with van der Waals surface area (Å²) in [7, 11) is 0. The Morgan fingerprint density at radius 3 is 1.61 bits per heavy atom. The first-order valence-electron chi connectivity index (χ1n) is 15.0. The summed E-state index contributed by atoms with van der Waals surface area (Å²) in [5.41, 5.74) is 3.32. The number of alkyl halides is 3. The summed E-state index contributed by atoms with van der Waals surface area (Å²) in [6.45, 7) is 3.88. The Morgan fingerprint density at radius 1 is 0.630 bits per heavy atom. The number of rotatable bonds is 9. The quantitative estimate of drug-likeness (QED) is 0.164. The SMILES string of the molecule is CC(C)C(O)(c1cccc(-c2ccc(OC(F)(F)F)cc2)c1)c1cn(C(c2ccccc2)(c2ccccc2)c2ccccc2)cn1.